The quantitative estimate of drug-likeness (QED) is 0.810. The summed E-state index contributed by atoms with van der Waals surface area (Å²) in [5, 5.41) is 3.10. The predicted molar refractivity (Wildman–Crippen MR) is 74.8 cm³/mol. The van der Waals surface area contributed by atoms with Crippen LogP contribution in [0, 0.1) is 13.8 Å². The fourth-order valence-corrected chi connectivity index (χ4v) is 2.62. The van der Waals surface area contributed by atoms with Gasteiger partial charge < -0.3 is 17.7 Å². The summed E-state index contributed by atoms with van der Waals surface area (Å²) in [6, 6.07) is 6.12. The number of nitrogens with one attached hydrogen (secondary N) is 1. The van der Waals surface area contributed by atoms with Crippen LogP contribution in [0.25, 0.3) is 0 Å². The van der Waals surface area contributed by atoms with Crippen molar-refractivity contribution >= 4 is 11.6 Å². The second kappa shape index (κ2) is 6.92. The van der Waals surface area contributed by atoms with Gasteiger partial charge >= 0.3 is 0 Å². The number of benzene rings is 1. The van der Waals surface area contributed by atoms with E-state index >= 15 is 0 Å². The number of carbonyl (C=O) groups excluding carboxylic acids is 1. The van der Waals surface area contributed by atoms with Gasteiger partial charge in [0, 0.05) is 5.69 Å². The van der Waals surface area contributed by atoms with E-state index in [2.05, 4.69) is 10.2 Å². The molecule has 1 aliphatic rings. The van der Waals surface area contributed by atoms with Crippen LogP contribution in [0.5, 0.6) is 0 Å². The maximum Gasteiger partial charge on any atom is 0.241 e. The highest BCUT2D eigenvalue weighted by molar-refractivity contribution is 5.96. The van der Waals surface area contributed by atoms with Crippen molar-refractivity contribution in [2.45, 2.75) is 39.2 Å². The SMILES string of the molecule is Cc1cccc(C)c1NC(=O)C1CCCCN1C.[Cl-]. The van der Waals surface area contributed by atoms with Crippen molar-refractivity contribution in [1.29, 1.82) is 0 Å². The van der Waals surface area contributed by atoms with Crippen LogP contribution in [0.2, 0.25) is 0 Å². The molecule has 1 aromatic carbocycles. The first kappa shape index (κ1) is 16.0. The minimum absolute atomic E-state index is 0. The lowest BCUT2D eigenvalue weighted by Crippen LogP contribution is -3.00. The topological polar surface area (TPSA) is 32.3 Å². The molecule has 1 aliphatic heterocycles. The summed E-state index contributed by atoms with van der Waals surface area (Å²) >= 11 is 0. The van der Waals surface area contributed by atoms with Crippen LogP contribution in [0.3, 0.4) is 0 Å². The molecule has 4 heteroatoms. The van der Waals surface area contributed by atoms with Gasteiger partial charge in [0.05, 0.1) is 6.04 Å². The number of anilines is 1. The van der Waals surface area contributed by atoms with E-state index in [1.165, 1.54) is 6.42 Å². The molecule has 1 N–H and O–H groups in total. The molecular formula is C15H22ClN2O-. The number of carbonyl (C=O) groups is 1. The molecule has 1 aromatic rings. The van der Waals surface area contributed by atoms with Crippen molar-refractivity contribution in [1.82, 2.24) is 4.90 Å². The molecule has 1 unspecified atom stereocenters. The first-order valence-corrected chi connectivity index (χ1v) is 6.67. The summed E-state index contributed by atoms with van der Waals surface area (Å²) in [5.74, 6) is 0.134. The molecule has 0 aliphatic carbocycles. The standard InChI is InChI=1S/C15H22N2O.ClH/c1-11-7-6-8-12(2)14(11)16-15(18)13-9-4-5-10-17(13)3;/h6-8,13H,4-5,9-10H2,1-3H3,(H,16,18);1H/p-1. The van der Waals surface area contributed by atoms with E-state index in [0.717, 1.165) is 36.2 Å². The molecule has 0 radical (unpaired) electrons. The molecule has 3 nitrogen and oxygen atoms in total. The van der Waals surface area contributed by atoms with Gasteiger partial charge in [0.2, 0.25) is 5.91 Å². The first-order chi connectivity index (χ1) is 8.59. The van der Waals surface area contributed by atoms with Crippen molar-refractivity contribution < 1.29 is 17.2 Å². The molecule has 1 saturated heterocycles. The van der Waals surface area contributed by atoms with E-state index in [1.807, 2.05) is 39.1 Å². The Morgan fingerprint density at radius 3 is 2.47 bits per heavy atom. The predicted octanol–water partition coefficient (Wildman–Crippen LogP) is -0.270. The number of amides is 1. The van der Waals surface area contributed by atoms with Gasteiger partial charge in [-0.25, -0.2) is 0 Å². The largest absolute Gasteiger partial charge is 1.00 e. The number of halogens is 1. The van der Waals surface area contributed by atoms with Crippen molar-refractivity contribution in [2.75, 3.05) is 18.9 Å². The van der Waals surface area contributed by atoms with E-state index in [9.17, 15) is 4.79 Å². The zero-order valence-corrected chi connectivity index (χ0v) is 12.6. The summed E-state index contributed by atoms with van der Waals surface area (Å²) in [5.41, 5.74) is 3.23. The zero-order chi connectivity index (χ0) is 13.1. The summed E-state index contributed by atoms with van der Waals surface area (Å²) < 4.78 is 0. The number of likely N-dealkylation sites (N-methyl/N-ethyl adjacent to an activating group) is 1. The normalized spacial score (nSPS) is 19.6. The highest BCUT2D eigenvalue weighted by atomic mass is 35.5. The van der Waals surface area contributed by atoms with Crippen molar-refractivity contribution in [3.63, 3.8) is 0 Å². The smallest absolute Gasteiger partial charge is 0.241 e. The van der Waals surface area contributed by atoms with Gasteiger partial charge in [-0.15, -0.1) is 0 Å². The molecule has 1 heterocycles. The van der Waals surface area contributed by atoms with Gasteiger partial charge in [-0.2, -0.15) is 0 Å². The molecule has 0 bridgehead atoms. The van der Waals surface area contributed by atoms with Gasteiger partial charge in [-0.05, 0) is 51.4 Å². The molecule has 1 atom stereocenters. The Morgan fingerprint density at radius 1 is 1.26 bits per heavy atom. The summed E-state index contributed by atoms with van der Waals surface area (Å²) in [7, 11) is 2.04. The maximum absolute atomic E-state index is 12.3. The lowest BCUT2D eigenvalue weighted by molar-refractivity contribution is -0.121. The Hall–Kier alpha value is -1.06. The van der Waals surface area contributed by atoms with Crippen molar-refractivity contribution in [3.8, 4) is 0 Å². The van der Waals surface area contributed by atoms with Crippen LogP contribution in [-0.2, 0) is 4.79 Å². The van der Waals surface area contributed by atoms with Crippen LogP contribution >= 0.6 is 0 Å². The molecule has 106 valence electrons. The third kappa shape index (κ3) is 3.71. The number of piperidine rings is 1. The lowest BCUT2D eigenvalue weighted by Gasteiger charge is -2.31. The third-order valence-electron chi connectivity index (χ3n) is 3.80. The Balaban J connectivity index is 0.00000180. The fourth-order valence-electron chi connectivity index (χ4n) is 2.62. The Labute approximate surface area is 121 Å². The van der Waals surface area contributed by atoms with Gasteiger partial charge in [-0.3, -0.25) is 9.69 Å². The summed E-state index contributed by atoms with van der Waals surface area (Å²) in [6.07, 6.45) is 3.31. The van der Waals surface area contributed by atoms with Crippen molar-refractivity contribution in [2.24, 2.45) is 0 Å². The van der Waals surface area contributed by atoms with Crippen LogP contribution in [0.15, 0.2) is 18.2 Å². The molecule has 2 rings (SSSR count). The molecule has 19 heavy (non-hydrogen) atoms. The number of aryl methyl sites for hydroxylation is 2. The third-order valence-corrected chi connectivity index (χ3v) is 3.80. The average molecular weight is 282 g/mol. The van der Waals surface area contributed by atoms with E-state index in [4.69, 9.17) is 0 Å². The van der Waals surface area contributed by atoms with Crippen LogP contribution in [-0.4, -0.2) is 30.4 Å². The minimum Gasteiger partial charge on any atom is -1.00 e. The van der Waals surface area contributed by atoms with Crippen molar-refractivity contribution in [3.05, 3.63) is 29.3 Å². The summed E-state index contributed by atoms with van der Waals surface area (Å²) in [4.78, 5) is 14.5. The molecule has 0 spiro atoms. The van der Waals surface area contributed by atoms with Crippen LogP contribution in [0.4, 0.5) is 5.69 Å². The van der Waals surface area contributed by atoms with E-state index in [0.29, 0.717) is 0 Å². The first-order valence-electron chi connectivity index (χ1n) is 6.67. The van der Waals surface area contributed by atoms with Crippen LogP contribution < -0.4 is 17.7 Å². The lowest BCUT2D eigenvalue weighted by atomic mass is 10.0. The minimum atomic E-state index is 0. The monoisotopic (exact) mass is 281 g/mol. The maximum atomic E-state index is 12.3. The number of rotatable bonds is 2. The second-order valence-corrected chi connectivity index (χ2v) is 5.25. The highest BCUT2D eigenvalue weighted by Gasteiger charge is 2.26. The molecule has 0 aromatic heterocycles. The Bertz CT molecular complexity index is 428. The van der Waals surface area contributed by atoms with Gasteiger partial charge in [0.15, 0.2) is 0 Å². The highest BCUT2D eigenvalue weighted by Crippen LogP contribution is 2.22. The summed E-state index contributed by atoms with van der Waals surface area (Å²) in [6.45, 7) is 5.09. The molecule has 1 fully saturated rings. The number of likely N-dealkylation sites (tertiary alicyclic amines) is 1. The van der Waals surface area contributed by atoms with E-state index in [-0.39, 0.29) is 24.4 Å². The number of nitrogens with zero attached hydrogens (tertiary/aromatic N) is 1. The number of para-hydroxylation sites is 1. The van der Waals surface area contributed by atoms with Crippen LogP contribution in [0.1, 0.15) is 30.4 Å². The molecule has 1 amide bonds. The fraction of sp³-hybridized carbons (Fsp3) is 0.533. The Morgan fingerprint density at radius 2 is 1.89 bits per heavy atom. The molecular weight excluding hydrogens is 260 g/mol. The van der Waals surface area contributed by atoms with Gasteiger partial charge in [0.25, 0.3) is 0 Å². The molecule has 0 saturated carbocycles. The Kier molecular flexibility index (Phi) is 5.83. The zero-order valence-electron chi connectivity index (χ0n) is 11.9. The number of hydrogen-bond acceptors (Lipinski definition) is 2. The van der Waals surface area contributed by atoms with E-state index in [1.54, 1.807) is 0 Å². The van der Waals surface area contributed by atoms with E-state index < -0.39 is 0 Å². The van der Waals surface area contributed by atoms with Gasteiger partial charge in [-0.1, -0.05) is 24.6 Å². The second-order valence-electron chi connectivity index (χ2n) is 5.25. The number of hydrogen-bond donors (Lipinski definition) is 1. The average Bonchev–Trinajstić information content (AvgIpc) is 2.34. The van der Waals surface area contributed by atoms with Gasteiger partial charge in [0.1, 0.15) is 0 Å².